The summed E-state index contributed by atoms with van der Waals surface area (Å²) in [6, 6.07) is 4.77. The number of rotatable bonds is 6. The smallest absolute Gasteiger partial charge is 0.419 e. The van der Waals surface area contributed by atoms with Crippen molar-refractivity contribution in [1.29, 1.82) is 0 Å². The van der Waals surface area contributed by atoms with E-state index >= 15 is 4.39 Å². The molecular formula is C24H21F5N4O6S. The lowest BCUT2D eigenvalue weighted by atomic mass is 9.97. The van der Waals surface area contributed by atoms with E-state index < -0.39 is 58.2 Å². The van der Waals surface area contributed by atoms with E-state index in [9.17, 15) is 30.8 Å². The molecule has 16 heteroatoms. The number of ether oxygens (including phenoxy) is 2. The van der Waals surface area contributed by atoms with Crippen molar-refractivity contribution >= 4 is 27.6 Å². The van der Waals surface area contributed by atoms with Gasteiger partial charge in [0.15, 0.2) is 5.82 Å². The average molecular weight is 589 g/mol. The molecule has 40 heavy (non-hydrogen) atoms. The molecule has 2 atom stereocenters. The molecule has 3 heterocycles. The van der Waals surface area contributed by atoms with Crippen LogP contribution in [0.4, 0.5) is 33.5 Å². The third kappa shape index (κ3) is 5.21. The number of benzene rings is 2. The lowest BCUT2D eigenvalue weighted by Gasteiger charge is -2.46. The van der Waals surface area contributed by atoms with Crippen LogP contribution in [0.5, 0.6) is 5.75 Å². The van der Waals surface area contributed by atoms with Crippen LogP contribution in [0.15, 0.2) is 47.2 Å². The molecule has 0 spiro atoms. The lowest BCUT2D eigenvalue weighted by molar-refractivity contribution is -0.140. The number of amides is 1. The van der Waals surface area contributed by atoms with Gasteiger partial charge in [-0.2, -0.15) is 25.9 Å². The fourth-order valence-corrected chi connectivity index (χ4v) is 5.97. The van der Waals surface area contributed by atoms with Crippen molar-refractivity contribution in [3.8, 4) is 16.9 Å². The first-order valence-corrected chi connectivity index (χ1v) is 13.2. The highest BCUT2D eigenvalue weighted by Gasteiger charge is 2.45. The number of fused-ring (bicyclic) bond motifs is 1. The molecule has 0 aliphatic carbocycles. The summed E-state index contributed by atoms with van der Waals surface area (Å²) < 4.78 is 113. The number of aromatic nitrogens is 1. The van der Waals surface area contributed by atoms with Gasteiger partial charge in [0.05, 0.1) is 30.5 Å². The summed E-state index contributed by atoms with van der Waals surface area (Å²) >= 11 is 0. The Morgan fingerprint density at radius 2 is 1.90 bits per heavy atom. The van der Waals surface area contributed by atoms with E-state index in [1.165, 1.54) is 24.3 Å². The molecule has 0 radical (unpaired) electrons. The van der Waals surface area contributed by atoms with Gasteiger partial charge in [-0.1, -0.05) is 11.2 Å². The monoisotopic (exact) mass is 588 g/mol. The Kier molecular flexibility index (Phi) is 7.18. The van der Waals surface area contributed by atoms with Crippen LogP contribution in [0, 0.1) is 11.6 Å². The Labute approximate surface area is 224 Å². The van der Waals surface area contributed by atoms with Gasteiger partial charge in [0.2, 0.25) is 0 Å². The van der Waals surface area contributed by atoms with Gasteiger partial charge < -0.3 is 18.9 Å². The molecule has 2 aliphatic heterocycles. The van der Waals surface area contributed by atoms with Crippen molar-refractivity contribution in [1.82, 2.24) is 9.46 Å². The van der Waals surface area contributed by atoms with Crippen LogP contribution in [0.3, 0.4) is 0 Å². The average Bonchev–Trinajstić information content (AvgIpc) is 3.40. The largest absolute Gasteiger partial charge is 0.495 e. The molecule has 1 N–H and O–H groups in total. The van der Waals surface area contributed by atoms with Gasteiger partial charge in [0.1, 0.15) is 30.3 Å². The van der Waals surface area contributed by atoms with Gasteiger partial charge >= 0.3 is 16.4 Å². The van der Waals surface area contributed by atoms with Gasteiger partial charge in [0, 0.05) is 30.8 Å². The predicted octanol–water partition coefficient (Wildman–Crippen LogP) is 3.81. The van der Waals surface area contributed by atoms with Crippen LogP contribution in [-0.2, 0) is 25.9 Å². The standard InChI is InChI=1S/C24H21F5N4O6S/c1-37-20-9-14(13-2-3-16(25)15(8-13)24(27,28)29)17(26)10-19(20)33-18-4-6-32(11-21(18)38-12-23(33)34)40(35,36)31-22-5-7-39-30-22/h2-3,5,7-10,18,21H,4,6,11-12H2,1H3,(H,30,31). The summed E-state index contributed by atoms with van der Waals surface area (Å²) in [6.45, 7) is -0.605. The maximum atomic E-state index is 15.4. The zero-order valence-electron chi connectivity index (χ0n) is 20.6. The summed E-state index contributed by atoms with van der Waals surface area (Å²) in [5.41, 5.74) is -2.12. The number of hydrogen-bond acceptors (Lipinski definition) is 7. The second-order valence-corrected chi connectivity index (χ2v) is 10.7. The second-order valence-electron chi connectivity index (χ2n) is 9.02. The van der Waals surface area contributed by atoms with Crippen molar-refractivity contribution in [3.63, 3.8) is 0 Å². The SMILES string of the molecule is COc1cc(-c2ccc(F)c(C(F)(F)F)c2)c(F)cc1N1C(=O)COC2CN(S(=O)(=O)Nc3ccon3)CCC21. The quantitative estimate of drug-likeness (QED) is 0.436. The van der Waals surface area contributed by atoms with E-state index in [1.54, 1.807) is 0 Å². The molecule has 0 saturated carbocycles. The Morgan fingerprint density at radius 1 is 1.12 bits per heavy atom. The first-order chi connectivity index (χ1) is 18.9. The first kappa shape index (κ1) is 27.8. The lowest BCUT2D eigenvalue weighted by Crippen LogP contribution is -2.62. The second kappa shape index (κ2) is 10.3. The number of nitrogens with one attached hydrogen (secondary N) is 1. The molecule has 2 unspecified atom stereocenters. The fraction of sp³-hybridized carbons (Fsp3) is 0.333. The molecule has 1 amide bonds. The molecule has 2 aromatic carbocycles. The third-order valence-corrected chi connectivity index (χ3v) is 8.11. The summed E-state index contributed by atoms with van der Waals surface area (Å²) in [5.74, 6) is -3.10. The number of methoxy groups -OCH3 is 1. The number of alkyl halides is 3. The summed E-state index contributed by atoms with van der Waals surface area (Å²) in [5, 5.41) is 3.52. The molecule has 2 fully saturated rings. The van der Waals surface area contributed by atoms with Crippen LogP contribution >= 0.6 is 0 Å². The molecule has 0 bridgehead atoms. The third-order valence-electron chi connectivity index (χ3n) is 6.63. The number of morpholine rings is 1. The number of anilines is 2. The maximum absolute atomic E-state index is 15.4. The minimum absolute atomic E-state index is 0.0118. The van der Waals surface area contributed by atoms with E-state index in [4.69, 9.17) is 9.47 Å². The van der Waals surface area contributed by atoms with Crippen molar-refractivity contribution < 1.29 is 49.2 Å². The molecule has 214 valence electrons. The topological polar surface area (TPSA) is 114 Å². The van der Waals surface area contributed by atoms with Crippen LogP contribution in [0.25, 0.3) is 11.1 Å². The molecule has 3 aromatic rings. The Hall–Kier alpha value is -3.76. The Balaban J connectivity index is 1.45. The van der Waals surface area contributed by atoms with E-state index in [2.05, 4.69) is 14.4 Å². The first-order valence-electron chi connectivity index (χ1n) is 11.8. The van der Waals surface area contributed by atoms with Crippen molar-refractivity contribution in [2.45, 2.75) is 24.7 Å². The van der Waals surface area contributed by atoms with Crippen LogP contribution in [-0.4, -0.2) is 62.7 Å². The number of piperidine rings is 1. The molecule has 10 nitrogen and oxygen atoms in total. The van der Waals surface area contributed by atoms with Crippen molar-refractivity contribution in [3.05, 3.63) is 59.9 Å². The van der Waals surface area contributed by atoms with Crippen LogP contribution < -0.4 is 14.4 Å². The predicted molar refractivity (Wildman–Crippen MR) is 130 cm³/mol. The fourth-order valence-electron chi connectivity index (χ4n) is 4.79. The molecule has 5 rings (SSSR count). The molecule has 1 aromatic heterocycles. The number of halogens is 5. The Bertz CT molecular complexity index is 1530. The molecule has 2 saturated heterocycles. The molecule has 2 aliphatic rings. The van der Waals surface area contributed by atoms with Crippen LogP contribution in [0.1, 0.15) is 12.0 Å². The highest BCUT2D eigenvalue weighted by Crippen LogP contribution is 2.41. The van der Waals surface area contributed by atoms with E-state index in [-0.39, 0.29) is 47.9 Å². The van der Waals surface area contributed by atoms with E-state index in [1.807, 2.05) is 0 Å². The summed E-state index contributed by atoms with van der Waals surface area (Å²) in [6.07, 6.45) is -4.49. The summed E-state index contributed by atoms with van der Waals surface area (Å²) in [4.78, 5) is 14.2. The minimum atomic E-state index is -5.00. The van der Waals surface area contributed by atoms with Gasteiger partial charge in [-0.05, 0) is 30.2 Å². The van der Waals surface area contributed by atoms with Gasteiger partial charge in [-0.15, -0.1) is 0 Å². The number of nitrogens with zero attached hydrogens (tertiary/aromatic N) is 3. The minimum Gasteiger partial charge on any atom is -0.495 e. The normalized spacial score (nSPS) is 20.4. The van der Waals surface area contributed by atoms with Gasteiger partial charge in [-0.3, -0.25) is 9.52 Å². The van der Waals surface area contributed by atoms with Gasteiger partial charge in [-0.25, -0.2) is 8.78 Å². The highest BCUT2D eigenvalue weighted by molar-refractivity contribution is 7.90. The van der Waals surface area contributed by atoms with Crippen LogP contribution in [0.2, 0.25) is 0 Å². The number of carbonyl (C=O) groups is 1. The number of carbonyl (C=O) groups excluding carboxylic acids is 1. The zero-order chi connectivity index (χ0) is 28.8. The highest BCUT2D eigenvalue weighted by atomic mass is 32.2. The molecular weight excluding hydrogens is 567 g/mol. The van der Waals surface area contributed by atoms with Crippen molar-refractivity contribution in [2.75, 3.05) is 36.4 Å². The number of hydrogen-bond donors (Lipinski definition) is 1. The van der Waals surface area contributed by atoms with E-state index in [0.717, 1.165) is 22.5 Å². The van der Waals surface area contributed by atoms with Crippen molar-refractivity contribution in [2.24, 2.45) is 0 Å². The summed E-state index contributed by atoms with van der Waals surface area (Å²) in [7, 11) is -2.80. The van der Waals surface area contributed by atoms with Gasteiger partial charge in [0.25, 0.3) is 5.91 Å². The van der Waals surface area contributed by atoms with E-state index in [0.29, 0.717) is 12.1 Å². The zero-order valence-corrected chi connectivity index (χ0v) is 21.4. The Morgan fingerprint density at radius 3 is 2.58 bits per heavy atom. The maximum Gasteiger partial charge on any atom is 0.419 e.